The summed E-state index contributed by atoms with van der Waals surface area (Å²) in [4.78, 5) is 30.0. The molecule has 2 aromatic heterocycles. The number of hydrogen-bond donors (Lipinski definition) is 0. The van der Waals surface area contributed by atoms with Crippen LogP contribution in [0.1, 0.15) is 12.5 Å². The Morgan fingerprint density at radius 3 is 2.61 bits per heavy atom. The summed E-state index contributed by atoms with van der Waals surface area (Å²) in [6, 6.07) is 17.8. The zero-order valence-corrected chi connectivity index (χ0v) is 25.0. The van der Waals surface area contributed by atoms with Crippen LogP contribution < -0.4 is 10.3 Å². The summed E-state index contributed by atoms with van der Waals surface area (Å²) in [5, 5.41) is 6.30. The van der Waals surface area contributed by atoms with E-state index in [1.165, 1.54) is 11.8 Å². The van der Waals surface area contributed by atoms with Crippen LogP contribution in [-0.4, -0.2) is 35.1 Å². The van der Waals surface area contributed by atoms with E-state index in [2.05, 4.69) is 50.3 Å². The molecule has 5 aromatic rings. The molecule has 5 rings (SSSR count). The maximum atomic E-state index is 13.5. The predicted molar refractivity (Wildman–Crippen MR) is 163 cm³/mol. The molecule has 192 valence electrons. The number of ether oxygens (including phenoxy) is 2. The van der Waals surface area contributed by atoms with Crippen LogP contribution >= 0.6 is 56.8 Å². The molecular formula is C27H18ClI2N3O5. The van der Waals surface area contributed by atoms with Gasteiger partial charge in [-0.2, -0.15) is 9.78 Å². The van der Waals surface area contributed by atoms with E-state index in [1.54, 1.807) is 55.6 Å². The lowest BCUT2D eigenvalue weighted by Crippen LogP contribution is -2.25. The first kappa shape index (κ1) is 26.6. The minimum atomic E-state index is -0.759. The maximum absolute atomic E-state index is 13.5. The average Bonchev–Trinajstić information content (AvgIpc) is 3.32. The van der Waals surface area contributed by atoms with Crippen LogP contribution in [0.2, 0.25) is 5.02 Å². The quantitative estimate of drug-likeness (QED) is 0.112. The van der Waals surface area contributed by atoms with Crippen molar-refractivity contribution in [3.05, 3.63) is 88.7 Å². The van der Waals surface area contributed by atoms with E-state index in [9.17, 15) is 9.59 Å². The van der Waals surface area contributed by atoms with E-state index in [1.807, 2.05) is 18.2 Å². The van der Waals surface area contributed by atoms with Gasteiger partial charge < -0.3 is 13.9 Å². The average molecular weight is 754 g/mol. The number of para-hydroxylation sites is 1. The highest BCUT2D eigenvalue weighted by Gasteiger charge is 2.19. The molecule has 0 aliphatic heterocycles. The van der Waals surface area contributed by atoms with E-state index in [-0.39, 0.29) is 11.4 Å². The van der Waals surface area contributed by atoms with Crippen molar-refractivity contribution in [2.45, 2.75) is 13.0 Å². The summed E-state index contributed by atoms with van der Waals surface area (Å²) in [6.45, 7) is 1.63. The number of furan rings is 1. The first-order valence-electron chi connectivity index (χ1n) is 11.2. The van der Waals surface area contributed by atoms with Crippen LogP contribution in [0, 0.1) is 7.14 Å². The van der Waals surface area contributed by atoms with E-state index < -0.39 is 12.1 Å². The fourth-order valence-electron chi connectivity index (χ4n) is 3.80. The Hall–Kier alpha value is -2.97. The number of carbonyl (C=O) groups excluding carboxylic acids is 1. The number of halogens is 3. The molecule has 0 N–H and O–H groups in total. The van der Waals surface area contributed by atoms with Crippen LogP contribution in [0.3, 0.4) is 0 Å². The third-order valence-electron chi connectivity index (χ3n) is 5.62. The smallest absolute Gasteiger partial charge is 0.346 e. The molecule has 0 amide bonds. The van der Waals surface area contributed by atoms with E-state index in [4.69, 9.17) is 30.5 Å². The van der Waals surface area contributed by atoms with Gasteiger partial charge in [-0.15, -0.1) is 0 Å². The number of benzene rings is 3. The molecule has 3 aromatic carbocycles. The molecule has 0 unspecified atom stereocenters. The number of fused-ring (bicyclic) bond motifs is 2. The number of esters is 1. The normalized spacial score (nSPS) is 12.3. The van der Waals surface area contributed by atoms with Crippen molar-refractivity contribution in [1.29, 1.82) is 0 Å². The molecule has 0 spiro atoms. The second-order valence-electron chi connectivity index (χ2n) is 8.20. The molecule has 38 heavy (non-hydrogen) atoms. The summed E-state index contributed by atoms with van der Waals surface area (Å²) < 4.78 is 19.3. The maximum Gasteiger partial charge on any atom is 0.346 e. The highest BCUT2D eigenvalue weighted by molar-refractivity contribution is 14.1. The summed E-state index contributed by atoms with van der Waals surface area (Å²) in [6.07, 6.45) is 0.809. The van der Waals surface area contributed by atoms with Gasteiger partial charge in [0.1, 0.15) is 11.3 Å². The second kappa shape index (κ2) is 11.0. The molecule has 0 fully saturated rings. The Kier molecular flexibility index (Phi) is 7.73. The second-order valence-corrected chi connectivity index (χ2v) is 11.0. The first-order valence-corrected chi connectivity index (χ1v) is 13.8. The fourth-order valence-corrected chi connectivity index (χ4v) is 6.05. The lowest BCUT2D eigenvalue weighted by atomic mass is 10.2. The van der Waals surface area contributed by atoms with Gasteiger partial charge in [0, 0.05) is 10.4 Å². The van der Waals surface area contributed by atoms with Crippen molar-refractivity contribution in [3.63, 3.8) is 0 Å². The van der Waals surface area contributed by atoms with Crippen molar-refractivity contribution in [2.75, 3.05) is 7.11 Å². The molecule has 1 atom stereocenters. The van der Waals surface area contributed by atoms with Gasteiger partial charge in [-0.25, -0.2) is 9.78 Å². The summed E-state index contributed by atoms with van der Waals surface area (Å²) in [5.74, 6) is 0.735. The number of aromatic nitrogens is 2. The van der Waals surface area contributed by atoms with Gasteiger partial charge in [-0.05, 0) is 106 Å². The molecule has 0 saturated heterocycles. The van der Waals surface area contributed by atoms with Crippen molar-refractivity contribution in [2.24, 2.45) is 5.10 Å². The van der Waals surface area contributed by atoms with Crippen LogP contribution in [0.15, 0.2) is 75.0 Å². The van der Waals surface area contributed by atoms with Gasteiger partial charge in [0.2, 0.25) is 5.82 Å². The SMILES string of the molecule is COC(=O)[C@H](C)Oc1c(I)cc(C=Nn2c(-c3cc4cc(Cl)ccc4o3)nc3ccccc3c2=O)cc1I. The monoisotopic (exact) mass is 753 g/mol. The fraction of sp³-hybridized carbons (Fsp3) is 0.111. The molecule has 0 aliphatic rings. The van der Waals surface area contributed by atoms with Crippen LogP contribution in [0.5, 0.6) is 5.75 Å². The molecule has 11 heteroatoms. The number of hydrogen-bond acceptors (Lipinski definition) is 7. The molecule has 2 heterocycles. The van der Waals surface area contributed by atoms with Gasteiger partial charge >= 0.3 is 5.97 Å². The number of methoxy groups -OCH3 is 1. The first-order chi connectivity index (χ1) is 18.2. The van der Waals surface area contributed by atoms with E-state index >= 15 is 0 Å². The Morgan fingerprint density at radius 1 is 1.13 bits per heavy atom. The number of carbonyl (C=O) groups is 1. The molecule has 0 radical (unpaired) electrons. The number of rotatable bonds is 6. The lowest BCUT2D eigenvalue weighted by molar-refractivity contribution is -0.147. The summed E-state index contributed by atoms with van der Waals surface area (Å²) in [7, 11) is 1.32. The number of nitrogens with zero attached hydrogens (tertiary/aromatic N) is 3. The molecule has 0 bridgehead atoms. The van der Waals surface area contributed by atoms with Crippen molar-refractivity contribution < 1.29 is 18.7 Å². The Balaban J connectivity index is 1.59. The van der Waals surface area contributed by atoms with Crippen LogP contribution in [0.25, 0.3) is 33.5 Å². The highest BCUT2D eigenvalue weighted by atomic mass is 127. The minimum absolute atomic E-state index is 0.258. The largest absolute Gasteiger partial charge is 0.477 e. The zero-order chi connectivity index (χ0) is 27.0. The van der Waals surface area contributed by atoms with Crippen LogP contribution in [0.4, 0.5) is 0 Å². The third kappa shape index (κ3) is 5.29. The van der Waals surface area contributed by atoms with Gasteiger partial charge in [0.15, 0.2) is 11.9 Å². The lowest BCUT2D eigenvalue weighted by Gasteiger charge is -2.15. The topological polar surface area (TPSA) is 95.9 Å². The Labute approximate surface area is 248 Å². The van der Waals surface area contributed by atoms with Gasteiger partial charge in [0.05, 0.1) is 31.4 Å². The summed E-state index contributed by atoms with van der Waals surface area (Å²) >= 11 is 10.4. The third-order valence-corrected chi connectivity index (χ3v) is 7.46. The zero-order valence-electron chi connectivity index (χ0n) is 19.9. The minimum Gasteiger partial charge on any atom is -0.477 e. The molecule has 0 aliphatic carbocycles. The van der Waals surface area contributed by atoms with Gasteiger partial charge in [0.25, 0.3) is 5.56 Å². The Bertz CT molecular complexity index is 1770. The highest BCUT2D eigenvalue weighted by Crippen LogP contribution is 2.31. The standard InChI is InChI=1S/C27H18ClI2N3O5/c1-14(27(35)36-2)37-24-19(29)9-15(10-20(24)30)13-31-33-25(32-21-6-4-3-5-18(21)26(33)34)23-12-16-11-17(28)7-8-22(16)38-23/h3-14H,1-2H3/t14-/m0/s1. The molecule has 0 saturated carbocycles. The van der Waals surface area contributed by atoms with Gasteiger partial charge in [-0.1, -0.05) is 23.7 Å². The molecular weight excluding hydrogens is 736 g/mol. The Morgan fingerprint density at radius 2 is 1.87 bits per heavy atom. The molecule has 8 nitrogen and oxygen atoms in total. The predicted octanol–water partition coefficient (Wildman–Crippen LogP) is 6.49. The van der Waals surface area contributed by atoms with Crippen molar-refractivity contribution in [3.8, 4) is 17.3 Å². The van der Waals surface area contributed by atoms with E-state index in [0.29, 0.717) is 33.0 Å². The van der Waals surface area contributed by atoms with Gasteiger partial charge in [-0.3, -0.25) is 4.79 Å². The van der Waals surface area contributed by atoms with Crippen LogP contribution in [-0.2, 0) is 9.53 Å². The van der Waals surface area contributed by atoms with Crippen molar-refractivity contribution >= 4 is 90.8 Å². The van der Waals surface area contributed by atoms with Crippen molar-refractivity contribution in [1.82, 2.24) is 9.66 Å². The summed E-state index contributed by atoms with van der Waals surface area (Å²) in [5.41, 5.74) is 1.53. The van der Waals surface area contributed by atoms with E-state index in [0.717, 1.165) is 18.1 Å².